The first kappa shape index (κ1) is 17.6. The fourth-order valence-corrected chi connectivity index (χ4v) is 2.92. The third kappa shape index (κ3) is 4.66. The van der Waals surface area contributed by atoms with Gasteiger partial charge in [-0.1, -0.05) is 38.1 Å². The summed E-state index contributed by atoms with van der Waals surface area (Å²) in [4.78, 5) is 19.1. The first-order valence-electron chi connectivity index (χ1n) is 8.85. The molecule has 0 radical (unpaired) electrons. The van der Waals surface area contributed by atoms with Crippen molar-refractivity contribution in [3.63, 3.8) is 0 Å². The van der Waals surface area contributed by atoms with Gasteiger partial charge in [0.2, 0.25) is 11.7 Å². The molecule has 0 saturated carbocycles. The summed E-state index contributed by atoms with van der Waals surface area (Å²) in [7, 11) is 0. The summed E-state index contributed by atoms with van der Waals surface area (Å²) in [5, 5.41) is 7.39. The smallest absolute Gasteiger partial charge is 0.253 e. The molecule has 134 valence electrons. The number of carbonyl (C=O) groups is 1. The van der Waals surface area contributed by atoms with E-state index in [-0.39, 0.29) is 11.3 Å². The second kappa shape index (κ2) is 7.35. The van der Waals surface area contributed by atoms with Crippen molar-refractivity contribution in [1.82, 2.24) is 20.4 Å². The van der Waals surface area contributed by atoms with Gasteiger partial charge in [0, 0.05) is 37.2 Å². The van der Waals surface area contributed by atoms with Crippen LogP contribution in [0.25, 0.3) is 11.4 Å². The third-order valence-corrected chi connectivity index (χ3v) is 4.14. The summed E-state index contributed by atoms with van der Waals surface area (Å²) in [5.41, 5.74) is 1.56. The van der Waals surface area contributed by atoms with Crippen LogP contribution in [0.3, 0.4) is 0 Å². The van der Waals surface area contributed by atoms with Crippen LogP contribution >= 0.6 is 0 Å². The van der Waals surface area contributed by atoms with E-state index in [4.69, 9.17) is 4.52 Å². The van der Waals surface area contributed by atoms with Gasteiger partial charge in [0.15, 0.2) is 0 Å². The number of hydrogen-bond acceptors (Lipinski definition) is 5. The van der Waals surface area contributed by atoms with E-state index in [9.17, 15) is 4.79 Å². The molecule has 0 unspecified atom stereocenters. The van der Waals surface area contributed by atoms with E-state index in [0.29, 0.717) is 17.3 Å². The average molecular weight is 342 g/mol. The summed E-state index contributed by atoms with van der Waals surface area (Å²) in [6, 6.07) is 7.48. The molecule has 0 spiro atoms. The van der Waals surface area contributed by atoms with Gasteiger partial charge >= 0.3 is 0 Å². The summed E-state index contributed by atoms with van der Waals surface area (Å²) in [5.74, 6) is 1.22. The molecular formula is C19H26N4O2. The number of rotatable bonds is 3. The summed E-state index contributed by atoms with van der Waals surface area (Å²) in [6.45, 7) is 9.72. The average Bonchev–Trinajstić information content (AvgIpc) is 2.85. The predicted octanol–water partition coefficient (Wildman–Crippen LogP) is 2.76. The third-order valence-electron chi connectivity index (χ3n) is 4.14. The minimum absolute atomic E-state index is 0.0592. The zero-order chi connectivity index (χ0) is 17.9. The molecule has 1 saturated heterocycles. The lowest BCUT2D eigenvalue weighted by Crippen LogP contribution is -2.34. The maximum absolute atomic E-state index is 12.8. The van der Waals surface area contributed by atoms with Crippen molar-refractivity contribution >= 4 is 5.91 Å². The lowest BCUT2D eigenvalue weighted by molar-refractivity contribution is 0.0766. The van der Waals surface area contributed by atoms with Crippen molar-refractivity contribution in [1.29, 1.82) is 0 Å². The van der Waals surface area contributed by atoms with Crippen molar-refractivity contribution in [3.05, 3.63) is 35.7 Å². The first-order chi connectivity index (χ1) is 11.9. The fourth-order valence-electron chi connectivity index (χ4n) is 2.92. The van der Waals surface area contributed by atoms with Gasteiger partial charge in [-0.05, 0) is 30.5 Å². The van der Waals surface area contributed by atoms with E-state index in [0.717, 1.165) is 44.6 Å². The standard InChI is InChI=1S/C19H26N4O2/c1-19(2,3)13-16-21-17(22-25-16)14-6-4-7-15(12-14)18(24)23-10-5-8-20-9-11-23/h4,6-7,12,20H,5,8-11,13H2,1-3H3. The Bertz CT molecular complexity index is 725. The summed E-state index contributed by atoms with van der Waals surface area (Å²) < 4.78 is 5.36. The first-order valence-corrected chi connectivity index (χ1v) is 8.85. The molecule has 1 amide bonds. The number of hydrogen-bond donors (Lipinski definition) is 1. The lowest BCUT2D eigenvalue weighted by Gasteiger charge is -2.20. The monoisotopic (exact) mass is 342 g/mol. The van der Waals surface area contributed by atoms with Crippen LogP contribution in [-0.2, 0) is 6.42 Å². The molecule has 0 aliphatic carbocycles. The summed E-state index contributed by atoms with van der Waals surface area (Å²) >= 11 is 0. The molecule has 2 heterocycles. The van der Waals surface area contributed by atoms with E-state index in [1.807, 2.05) is 29.2 Å². The van der Waals surface area contributed by atoms with Crippen molar-refractivity contribution in [2.75, 3.05) is 26.2 Å². The number of amides is 1. The largest absolute Gasteiger partial charge is 0.339 e. The van der Waals surface area contributed by atoms with Crippen molar-refractivity contribution < 1.29 is 9.32 Å². The van der Waals surface area contributed by atoms with Gasteiger partial charge in [-0.3, -0.25) is 4.79 Å². The van der Waals surface area contributed by atoms with Crippen molar-refractivity contribution in [2.24, 2.45) is 5.41 Å². The van der Waals surface area contributed by atoms with E-state index in [2.05, 4.69) is 36.2 Å². The quantitative estimate of drug-likeness (QED) is 0.929. The Morgan fingerprint density at radius 3 is 2.92 bits per heavy atom. The highest BCUT2D eigenvalue weighted by Crippen LogP contribution is 2.23. The Morgan fingerprint density at radius 1 is 1.28 bits per heavy atom. The van der Waals surface area contributed by atoms with Crippen LogP contribution in [0.1, 0.15) is 43.4 Å². The van der Waals surface area contributed by atoms with Gasteiger partial charge in [0.25, 0.3) is 5.91 Å². The van der Waals surface area contributed by atoms with E-state index in [1.165, 1.54) is 0 Å². The van der Waals surface area contributed by atoms with Crippen molar-refractivity contribution in [2.45, 2.75) is 33.6 Å². The zero-order valence-corrected chi connectivity index (χ0v) is 15.2. The molecule has 1 fully saturated rings. The van der Waals surface area contributed by atoms with Crippen molar-refractivity contribution in [3.8, 4) is 11.4 Å². The number of aromatic nitrogens is 2. The highest BCUT2D eigenvalue weighted by molar-refractivity contribution is 5.95. The second-order valence-corrected chi connectivity index (χ2v) is 7.73. The molecule has 2 aromatic rings. The van der Waals surface area contributed by atoms with Gasteiger partial charge in [-0.15, -0.1) is 0 Å². The molecule has 1 aromatic carbocycles. The Hall–Kier alpha value is -2.21. The van der Waals surface area contributed by atoms with E-state index < -0.39 is 0 Å². The normalized spacial score (nSPS) is 15.9. The van der Waals surface area contributed by atoms with Gasteiger partial charge in [0.1, 0.15) is 0 Å². The minimum atomic E-state index is 0.0592. The van der Waals surface area contributed by atoms with Gasteiger partial charge in [-0.2, -0.15) is 4.98 Å². The molecule has 25 heavy (non-hydrogen) atoms. The van der Waals surface area contributed by atoms with Crippen LogP contribution in [0.5, 0.6) is 0 Å². The van der Waals surface area contributed by atoms with Crippen LogP contribution in [0, 0.1) is 5.41 Å². The Balaban J connectivity index is 1.78. The van der Waals surface area contributed by atoms with Crippen LogP contribution in [0.4, 0.5) is 0 Å². The Labute approximate surface area is 148 Å². The highest BCUT2D eigenvalue weighted by Gasteiger charge is 2.20. The molecule has 1 N–H and O–H groups in total. The molecule has 3 rings (SSSR count). The minimum Gasteiger partial charge on any atom is -0.339 e. The highest BCUT2D eigenvalue weighted by atomic mass is 16.5. The summed E-state index contributed by atoms with van der Waals surface area (Å²) in [6.07, 6.45) is 1.70. The van der Waals surface area contributed by atoms with Gasteiger partial charge in [0.05, 0.1) is 0 Å². The number of benzene rings is 1. The topological polar surface area (TPSA) is 71.3 Å². The second-order valence-electron chi connectivity index (χ2n) is 7.73. The SMILES string of the molecule is CC(C)(C)Cc1nc(-c2cccc(C(=O)N3CCCNCC3)c2)no1. The predicted molar refractivity (Wildman–Crippen MR) is 96.3 cm³/mol. The molecule has 0 bridgehead atoms. The Morgan fingerprint density at radius 2 is 2.12 bits per heavy atom. The lowest BCUT2D eigenvalue weighted by atomic mass is 9.92. The van der Waals surface area contributed by atoms with Crippen LogP contribution < -0.4 is 5.32 Å². The fraction of sp³-hybridized carbons (Fsp3) is 0.526. The molecule has 1 aromatic heterocycles. The van der Waals surface area contributed by atoms with Gasteiger partial charge in [-0.25, -0.2) is 0 Å². The van der Waals surface area contributed by atoms with Crippen LogP contribution in [-0.4, -0.2) is 47.1 Å². The van der Waals surface area contributed by atoms with Crippen LogP contribution in [0.2, 0.25) is 0 Å². The maximum Gasteiger partial charge on any atom is 0.253 e. The Kier molecular flexibility index (Phi) is 5.18. The number of carbonyl (C=O) groups excluding carboxylic acids is 1. The molecular weight excluding hydrogens is 316 g/mol. The molecule has 6 heteroatoms. The molecule has 0 atom stereocenters. The van der Waals surface area contributed by atoms with Gasteiger partial charge < -0.3 is 14.7 Å². The molecule has 1 aliphatic rings. The zero-order valence-electron chi connectivity index (χ0n) is 15.2. The molecule has 6 nitrogen and oxygen atoms in total. The number of nitrogens with zero attached hydrogens (tertiary/aromatic N) is 3. The van der Waals surface area contributed by atoms with E-state index in [1.54, 1.807) is 0 Å². The molecule has 1 aliphatic heterocycles. The van der Waals surface area contributed by atoms with E-state index >= 15 is 0 Å². The number of nitrogens with one attached hydrogen (secondary N) is 1. The maximum atomic E-state index is 12.8. The van der Waals surface area contributed by atoms with Crippen LogP contribution in [0.15, 0.2) is 28.8 Å².